The van der Waals surface area contributed by atoms with Crippen molar-refractivity contribution >= 4 is 21.8 Å². The van der Waals surface area contributed by atoms with Gasteiger partial charge in [0, 0.05) is 40.6 Å². The molecule has 5 nitrogen and oxygen atoms in total. The Hall–Kier alpha value is -4.64. The van der Waals surface area contributed by atoms with Crippen LogP contribution in [0.3, 0.4) is 0 Å². The molecule has 0 aliphatic heterocycles. The van der Waals surface area contributed by atoms with Crippen LogP contribution in [-0.2, 0) is 5.41 Å². The highest BCUT2D eigenvalue weighted by atomic mass is 16.5. The van der Waals surface area contributed by atoms with E-state index >= 15 is 0 Å². The molecule has 0 saturated heterocycles. The Kier molecular flexibility index (Phi) is 8.50. The van der Waals surface area contributed by atoms with E-state index in [0.29, 0.717) is 23.7 Å². The minimum Gasteiger partial charge on any atom is -0.457 e. The van der Waals surface area contributed by atoms with Crippen molar-refractivity contribution in [2.45, 2.75) is 98.3 Å². The SMILES string of the molecule is CC1=CCC[C@H](C)C1c1c(C(C)C)nn(-c2cccc(Oc3ccc4c5ccccc5n(-c5cc(C(C)(C)C)ccn5)c4c3)c2)c1C(C)C. The van der Waals surface area contributed by atoms with E-state index in [1.165, 1.54) is 45.3 Å². The maximum atomic E-state index is 6.66. The molecular formula is C44H50N4O. The molecule has 0 fully saturated rings. The second-order valence-electron chi connectivity index (χ2n) is 15.7. The van der Waals surface area contributed by atoms with E-state index < -0.39 is 0 Å². The standard InChI is InChI=1S/C44H50N4O/c1-27(2)42-41(40-29(5)14-12-15-30(40)6)43(28(3)4)48(46-42)32-16-13-17-33(25-32)49-34-20-21-36-35-18-10-11-19-37(35)47(38(36)26-34)39-24-31(22-23-45-39)44(7,8)9/h10-11,13-14,16-28,30,40H,12,15H2,1-9H3/t30-,40?/m0/s1. The molecular weight excluding hydrogens is 601 g/mol. The predicted molar refractivity (Wildman–Crippen MR) is 204 cm³/mol. The first-order chi connectivity index (χ1) is 23.4. The van der Waals surface area contributed by atoms with Crippen molar-refractivity contribution in [3.05, 3.63) is 119 Å². The minimum atomic E-state index is 0.0145. The molecule has 2 atom stereocenters. The van der Waals surface area contributed by atoms with Gasteiger partial charge in [0.25, 0.3) is 0 Å². The zero-order valence-corrected chi connectivity index (χ0v) is 30.6. The van der Waals surface area contributed by atoms with Crippen LogP contribution in [0.25, 0.3) is 33.3 Å². The Morgan fingerprint density at radius 3 is 2.31 bits per heavy atom. The monoisotopic (exact) mass is 650 g/mol. The average Bonchev–Trinajstić information content (AvgIpc) is 3.61. The van der Waals surface area contributed by atoms with Gasteiger partial charge < -0.3 is 4.74 Å². The van der Waals surface area contributed by atoms with Gasteiger partial charge in [0.2, 0.25) is 0 Å². The molecule has 1 unspecified atom stereocenters. The largest absolute Gasteiger partial charge is 0.457 e. The lowest BCUT2D eigenvalue weighted by Crippen LogP contribution is -2.18. The fraction of sp³-hybridized carbons (Fsp3) is 0.364. The maximum Gasteiger partial charge on any atom is 0.137 e. The molecule has 1 aliphatic rings. The van der Waals surface area contributed by atoms with Crippen molar-refractivity contribution in [1.82, 2.24) is 19.3 Å². The summed E-state index contributed by atoms with van der Waals surface area (Å²) in [6, 6.07) is 27.7. The van der Waals surface area contributed by atoms with Gasteiger partial charge in [0.05, 0.1) is 28.1 Å². The molecule has 252 valence electrons. The van der Waals surface area contributed by atoms with Gasteiger partial charge in [-0.3, -0.25) is 4.57 Å². The van der Waals surface area contributed by atoms with Crippen molar-refractivity contribution in [2.24, 2.45) is 5.92 Å². The molecule has 0 N–H and O–H groups in total. The van der Waals surface area contributed by atoms with Crippen LogP contribution in [0, 0.1) is 5.92 Å². The zero-order valence-electron chi connectivity index (χ0n) is 30.6. The van der Waals surface area contributed by atoms with Crippen LogP contribution in [0.2, 0.25) is 0 Å². The lowest BCUT2D eigenvalue weighted by atomic mass is 9.73. The summed E-state index contributed by atoms with van der Waals surface area (Å²) in [7, 11) is 0. The van der Waals surface area contributed by atoms with Crippen LogP contribution in [0.5, 0.6) is 11.5 Å². The molecule has 0 radical (unpaired) electrons. The van der Waals surface area contributed by atoms with Gasteiger partial charge in [-0.05, 0) is 91.0 Å². The van der Waals surface area contributed by atoms with Crippen molar-refractivity contribution < 1.29 is 4.74 Å². The van der Waals surface area contributed by atoms with Gasteiger partial charge in [-0.15, -0.1) is 0 Å². The van der Waals surface area contributed by atoms with Crippen LogP contribution in [0.4, 0.5) is 0 Å². The van der Waals surface area contributed by atoms with Crippen LogP contribution >= 0.6 is 0 Å². The van der Waals surface area contributed by atoms with Crippen LogP contribution in [0.15, 0.2) is 96.7 Å². The fourth-order valence-electron chi connectivity index (χ4n) is 7.87. The molecule has 0 saturated carbocycles. The van der Waals surface area contributed by atoms with Gasteiger partial charge in [0.1, 0.15) is 17.3 Å². The van der Waals surface area contributed by atoms with Gasteiger partial charge in [-0.25, -0.2) is 9.67 Å². The molecule has 49 heavy (non-hydrogen) atoms. The Morgan fingerprint density at radius 1 is 0.816 bits per heavy atom. The summed E-state index contributed by atoms with van der Waals surface area (Å²) in [6.45, 7) is 20.6. The van der Waals surface area contributed by atoms with Gasteiger partial charge in [-0.2, -0.15) is 5.10 Å². The topological polar surface area (TPSA) is 44.9 Å². The van der Waals surface area contributed by atoms with Gasteiger partial charge in [-0.1, -0.05) is 91.3 Å². The van der Waals surface area contributed by atoms with Crippen LogP contribution in [-0.4, -0.2) is 19.3 Å². The number of pyridine rings is 1. The number of fused-ring (bicyclic) bond motifs is 3. The number of hydrogen-bond donors (Lipinski definition) is 0. The maximum absolute atomic E-state index is 6.66. The first-order valence-electron chi connectivity index (χ1n) is 18.0. The number of ether oxygens (including phenoxy) is 1. The summed E-state index contributed by atoms with van der Waals surface area (Å²) in [5, 5.41) is 7.72. The molecule has 1 aliphatic carbocycles. The Morgan fingerprint density at radius 2 is 1.57 bits per heavy atom. The number of para-hydroxylation sites is 1. The molecule has 0 bridgehead atoms. The zero-order chi connectivity index (χ0) is 34.6. The van der Waals surface area contributed by atoms with Crippen LogP contribution < -0.4 is 4.74 Å². The minimum absolute atomic E-state index is 0.0145. The molecule has 6 aromatic rings. The number of nitrogens with zero attached hydrogens (tertiary/aromatic N) is 4. The highest BCUT2D eigenvalue weighted by Crippen LogP contribution is 2.45. The normalized spacial score (nSPS) is 17.0. The lowest BCUT2D eigenvalue weighted by molar-refractivity contribution is 0.443. The van der Waals surface area contributed by atoms with E-state index in [1.807, 2.05) is 12.3 Å². The summed E-state index contributed by atoms with van der Waals surface area (Å²) in [5.74, 6) is 4.10. The third-order valence-electron chi connectivity index (χ3n) is 10.3. The van der Waals surface area contributed by atoms with Crippen LogP contribution in [0.1, 0.15) is 115 Å². The number of rotatable bonds is 7. The Bertz CT molecular complexity index is 2190. The first kappa shape index (κ1) is 32.9. The molecule has 5 heteroatoms. The van der Waals surface area contributed by atoms with Crippen molar-refractivity contribution in [2.75, 3.05) is 0 Å². The summed E-state index contributed by atoms with van der Waals surface area (Å²) in [6.07, 6.45) is 6.74. The smallest absolute Gasteiger partial charge is 0.137 e. The van der Waals surface area contributed by atoms with Crippen molar-refractivity contribution in [3.63, 3.8) is 0 Å². The lowest BCUT2D eigenvalue weighted by Gasteiger charge is -2.31. The molecule has 7 rings (SSSR count). The second kappa shape index (κ2) is 12.7. The summed E-state index contributed by atoms with van der Waals surface area (Å²) in [4.78, 5) is 4.85. The molecule has 0 amide bonds. The third-order valence-corrected chi connectivity index (χ3v) is 10.3. The third kappa shape index (κ3) is 5.98. The Labute approximate surface area is 291 Å². The van der Waals surface area contributed by atoms with E-state index in [0.717, 1.165) is 40.5 Å². The predicted octanol–water partition coefficient (Wildman–Crippen LogP) is 12.2. The number of benzene rings is 3. The van der Waals surface area contributed by atoms with Crippen molar-refractivity contribution in [3.8, 4) is 23.0 Å². The molecule has 3 heterocycles. The van der Waals surface area contributed by atoms with E-state index in [9.17, 15) is 0 Å². The first-order valence-corrected chi connectivity index (χ1v) is 18.0. The number of hydrogen-bond acceptors (Lipinski definition) is 3. The van der Waals surface area contributed by atoms with Gasteiger partial charge in [0.15, 0.2) is 0 Å². The summed E-state index contributed by atoms with van der Waals surface area (Å²) < 4.78 is 11.1. The van der Waals surface area contributed by atoms with E-state index in [4.69, 9.17) is 14.8 Å². The highest BCUT2D eigenvalue weighted by Gasteiger charge is 2.33. The van der Waals surface area contributed by atoms with Gasteiger partial charge >= 0.3 is 0 Å². The quantitative estimate of drug-likeness (QED) is 0.162. The van der Waals surface area contributed by atoms with E-state index in [-0.39, 0.29) is 5.41 Å². The molecule has 3 aromatic heterocycles. The number of allylic oxidation sites excluding steroid dienone is 2. The fourth-order valence-corrected chi connectivity index (χ4v) is 7.87. The van der Waals surface area contributed by atoms with E-state index in [1.54, 1.807) is 0 Å². The Balaban J connectivity index is 1.31. The average molecular weight is 651 g/mol. The van der Waals surface area contributed by atoms with E-state index in [2.05, 4.69) is 150 Å². The van der Waals surface area contributed by atoms with Crippen molar-refractivity contribution in [1.29, 1.82) is 0 Å². The summed E-state index contributed by atoms with van der Waals surface area (Å²) >= 11 is 0. The number of aromatic nitrogens is 4. The summed E-state index contributed by atoms with van der Waals surface area (Å²) in [5.41, 5.74) is 9.92. The molecule has 3 aromatic carbocycles. The second-order valence-corrected chi connectivity index (χ2v) is 15.7. The molecule has 0 spiro atoms. The highest BCUT2D eigenvalue weighted by molar-refractivity contribution is 6.09.